The van der Waals surface area contributed by atoms with E-state index in [2.05, 4.69) is 14.9 Å². The zero-order chi connectivity index (χ0) is 18.3. The van der Waals surface area contributed by atoms with Gasteiger partial charge >= 0.3 is 0 Å². The Morgan fingerprint density at radius 3 is 2.58 bits per heavy atom. The lowest BCUT2D eigenvalue weighted by Gasteiger charge is -2.52. The average molecular weight is 391 g/mol. The van der Waals surface area contributed by atoms with Crippen molar-refractivity contribution in [3.8, 4) is 0 Å². The van der Waals surface area contributed by atoms with Gasteiger partial charge < -0.3 is 22.1 Å². The van der Waals surface area contributed by atoms with E-state index < -0.39 is 0 Å². The van der Waals surface area contributed by atoms with E-state index in [1.54, 1.807) is 12.3 Å². The lowest BCUT2D eigenvalue weighted by atomic mass is 9.60. The molecule has 8 heteroatoms. The summed E-state index contributed by atoms with van der Waals surface area (Å²) in [6, 6.07) is 5.88. The van der Waals surface area contributed by atoms with Gasteiger partial charge in [-0.2, -0.15) is 0 Å². The highest BCUT2D eigenvalue weighted by Crippen LogP contribution is 2.48. The van der Waals surface area contributed by atoms with Crippen molar-refractivity contribution < 1.29 is 0 Å². The third kappa shape index (κ3) is 3.08. The third-order valence-corrected chi connectivity index (χ3v) is 7.38. The van der Waals surface area contributed by atoms with Crippen LogP contribution in [0.4, 0.5) is 17.3 Å². The number of hydrogen-bond acceptors (Lipinski definition) is 7. The fourth-order valence-corrected chi connectivity index (χ4v) is 4.91. The van der Waals surface area contributed by atoms with E-state index in [0.29, 0.717) is 33.0 Å². The van der Waals surface area contributed by atoms with E-state index in [0.717, 1.165) is 43.1 Å². The van der Waals surface area contributed by atoms with E-state index in [1.165, 1.54) is 18.2 Å². The molecule has 1 aromatic heterocycles. The zero-order valence-electron chi connectivity index (χ0n) is 14.5. The monoisotopic (exact) mass is 390 g/mol. The van der Waals surface area contributed by atoms with Crippen LogP contribution in [0.15, 0.2) is 34.3 Å². The lowest BCUT2D eigenvalue weighted by molar-refractivity contribution is 0.0610. The van der Waals surface area contributed by atoms with Crippen molar-refractivity contribution in [2.45, 2.75) is 41.6 Å². The smallest absolute Gasteiger partial charge is 0.158 e. The first-order chi connectivity index (χ1) is 12.5. The Kier molecular flexibility index (Phi) is 4.62. The van der Waals surface area contributed by atoms with Gasteiger partial charge in [-0.15, -0.1) is 0 Å². The summed E-state index contributed by atoms with van der Waals surface area (Å²) in [6.07, 6.45) is 6.44. The Labute approximate surface area is 162 Å². The van der Waals surface area contributed by atoms with Crippen LogP contribution in [0.25, 0.3) is 0 Å². The van der Waals surface area contributed by atoms with Gasteiger partial charge in [0.2, 0.25) is 0 Å². The molecule has 1 spiro atoms. The van der Waals surface area contributed by atoms with Gasteiger partial charge in [0, 0.05) is 24.0 Å². The Bertz CT molecular complexity index is 821. The molecule has 6 N–H and O–H groups in total. The summed E-state index contributed by atoms with van der Waals surface area (Å²) < 4.78 is 0. The molecule has 1 saturated carbocycles. The number of aromatic nitrogens is 2. The predicted octanol–water partition coefficient (Wildman–Crippen LogP) is 3.15. The first-order valence-electron chi connectivity index (χ1n) is 8.83. The fourth-order valence-electron chi connectivity index (χ4n) is 3.85. The van der Waals surface area contributed by atoms with Gasteiger partial charge in [-0.05, 0) is 43.2 Å². The maximum absolute atomic E-state index is 6.25. The molecule has 2 aromatic rings. The molecule has 1 saturated heterocycles. The van der Waals surface area contributed by atoms with Crippen molar-refractivity contribution in [3.05, 3.63) is 29.4 Å². The van der Waals surface area contributed by atoms with Gasteiger partial charge in [0.25, 0.3) is 0 Å². The maximum atomic E-state index is 6.25. The molecule has 138 valence electrons. The van der Waals surface area contributed by atoms with E-state index in [4.69, 9.17) is 28.8 Å². The largest absolute Gasteiger partial charge is 0.397 e. The van der Waals surface area contributed by atoms with Crippen LogP contribution in [-0.4, -0.2) is 29.1 Å². The number of hydrogen-bond donors (Lipinski definition) is 3. The molecular formula is C18H23ClN6S. The maximum Gasteiger partial charge on any atom is 0.158 e. The van der Waals surface area contributed by atoms with Crippen molar-refractivity contribution in [1.29, 1.82) is 0 Å². The highest BCUT2D eigenvalue weighted by Gasteiger charge is 2.46. The minimum atomic E-state index is 0.356. The van der Waals surface area contributed by atoms with Crippen LogP contribution in [0.3, 0.4) is 0 Å². The molecule has 1 atom stereocenters. The number of nitrogens with two attached hydrogens (primary N) is 3. The third-order valence-electron chi connectivity index (χ3n) is 5.77. The molecular weight excluding hydrogens is 368 g/mol. The van der Waals surface area contributed by atoms with E-state index in [9.17, 15) is 0 Å². The van der Waals surface area contributed by atoms with Crippen molar-refractivity contribution in [2.24, 2.45) is 11.1 Å². The number of benzene rings is 1. The van der Waals surface area contributed by atoms with E-state index in [1.807, 2.05) is 12.1 Å². The molecule has 2 aliphatic rings. The second-order valence-corrected chi connectivity index (χ2v) is 8.58. The van der Waals surface area contributed by atoms with Crippen molar-refractivity contribution in [3.63, 3.8) is 0 Å². The summed E-state index contributed by atoms with van der Waals surface area (Å²) in [5.41, 5.74) is 19.1. The van der Waals surface area contributed by atoms with Gasteiger partial charge in [0.1, 0.15) is 10.8 Å². The average Bonchev–Trinajstić information content (AvgIpc) is 2.66. The summed E-state index contributed by atoms with van der Waals surface area (Å²) >= 11 is 7.63. The zero-order valence-corrected chi connectivity index (χ0v) is 16.1. The molecule has 1 aromatic carbocycles. The van der Waals surface area contributed by atoms with Gasteiger partial charge in [-0.25, -0.2) is 9.97 Å². The minimum absolute atomic E-state index is 0.356. The lowest BCUT2D eigenvalue weighted by Crippen LogP contribution is -2.56. The molecule has 1 aliphatic carbocycles. The molecule has 0 amide bonds. The summed E-state index contributed by atoms with van der Waals surface area (Å²) in [4.78, 5) is 12.2. The summed E-state index contributed by atoms with van der Waals surface area (Å²) in [5, 5.41) is 1.15. The number of rotatable bonds is 3. The fraction of sp³-hybridized carbons (Fsp3) is 0.444. The van der Waals surface area contributed by atoms with Crippen LogP contribution in [0, 0.1) is 5.41 Å². The van der Waals surface area contributed by atoms with Gasteiger partial charge in [0.15, 0.2) is 5.82 Å². The first kappa shape index (κ1) is 17.7. The number of nitrogen functional groups attached to an aromatic ring is 2. The number of nitrogens with zero attached hydrogens (tertiary/aromatic N) is 3. The molecule has 0 bridgehead atoms. The van der Waals surface area contributed by atoms with Gasteiger partial charge in [0.05, 0.1) is 16.9 Å². The summed E-state index contributed by atoms with van der Waals surface area (Å²) in [6.45, 7) is 1.91. The van der Waals surface area contributed by atoms with Crippen molar-refractivity contribution >= 4 is 40.7 Å². The molecule has 1 aliphatic heterocycles. The minimum Gasteiger partial charge on any atom is -0.397 e. The van der Waals surface area contributed by atoms with E-state index >= 15 is 0 Å². The normalized spacial score (nSPS) is 21.6. The van der Waals surface area contributed by atoms with Crippen LogP contribution in [0.1, 0.15) is 25.7 Å². The van der Waals surface area contributed by atoms with Crippen molar-refractivity contribution in [1.82, 2.24) is 9.97 Å². The molecule has 2 heterocycles. The molecule has 0 radical (unpaired) electrons. The van der Waals surface area contributed by atoms with Crippen LogP contribution >= 0.6 is 23.4 Å². The van der Waals surface area contributed by atoms with Gasteiger partial charge in [-0.1, -0.05) is 29.4 Å². The van der Waals surface area contributed by atoms with E-state index in [-0.39, 0.29) is 0 Å². The molecule has 6 nitrogen and oxygen atoms in total. The molecule has 1 unspecified atom stereocenters. The number of halogens is 1. The topological polar surface area (TPSA) is 107 Å². The predicted molar refractivity (Wildman–Crippen MR) is 108 cm³/mol. The highest BCUT2D eigenvalue weighted by molar-refractivity contribution is 7.99. The van der Waals surface area contributed by atoms with Crippen LogP contribution < -0.4 is 22.1 Å². The SMILES string of the molecule is Nc1cccc(Sc2ncc(N3CCC4(CCC4N)CC3)nc2N)c1Cl. The number of piperidine rings is 1. The van der Waals surface area contributed by atoms with Crippen LogP contribution in [-0.2, 0) is 0 Å². The second-order valence-electron chi connectivity index (χ2n) is 7.17. The first-order valence-corrected chi connectivity index (χ1v) is 10.0. The van der Waals surface area contributed by atoms with Crippen LogP contribution in [0.2, 0.25) is 5.02 Å². The Balaban J connectivity index is 1.47. The number of anilines is 3. The highest BCUT2D eigenvalue weighted by atomic mass is 35.5. The quantitative estimate of drug-likeness (QED) is 0.691. The Hall–Kier alpha value is -1.70. The van der Waals surface area contributed by atoms with Crippen molar-refractivity contribution in [2.75, 3.05) is 29.5 Å². The second kappa shape index (κ2) is 6.79. The molecule has 4 rings (SSSR count). The van der Waals surface area contributed by atoms with Crippen LogP contribution in [0.5, 0.6) is 0 Å². The molecule has 2 fully saturated rings. The standard InChI is InChI=1S/C18H23ClN6S/c19-15-11(20)2-1-3-12(15)26-17-16(22)24-14(10-23-17)25-8-6-18(7-9-25)5-4-13(18)21/h1-3,10,13H,4-9,20-21H2,(H2,22,24). The van der Waals surface area contributed by atoms with Gasteiger partial charge in [-0.3, -0.25) is 0 Å². The molecule has 26 heavy (non-hydrogen) atoms. The Morgan fingerprint density at radius 2 is 1.96 bits per heavy atom. The summed E-state index contributed by atoms with van der Waals surface area (Å²) in [7, 11) is 0. The summed E-state index contributed by atoms with van der Waals surface area (Å²) in [5.74, 6) is 1.24. The Morgan fingerprint density at radius 1 is 1.19 bits per heavy atom.